The first-order chi connectivity index (χ1) is 20.8. The van der Waals surface area contributed by atoms with E-state index in [4.69, 9.17) is 9.47 Å². The van der Waals surface area contributed by atoms with Gasteiger partial charge in [0.05, 0.1) is 0 Å². The second-order valence-corrected chi connectivity index (χ2v) is 15.3. The minimum absolute atomic E-state index is 0.163. The third kappa shape index (κ3) is 9.75. The van der Waals surface area contributed by atoms with E-state index in [9.17, 15) is 14.7 Å². The summed E-state index contributed by atoms with van der Waals surface area (Å²) in [5, 5.41) is 14.8. The van der Waals surface area contributed by atoms with Gasteiger partial charge >= 0.3 is 11.9 Å². The lowest BCUT2D eigenvalue weighted by molar-refractivity contribution is -0.222. The Bertz CT molecular complexity index is 1320. The van der Waals surface area contributed by atoms with Crippen LogP contribution in [0.1, 0.15) is 124 Å². The molecule has 1 fully saturated rings. The molecule has 1 aliphatic rings. The Morgan fingerprint density at radius 2 is 1.38 bits per heavy atom. The standard InChI is InChI=1S/C38H56N2O5/c1-12-13-14-15-20-40(24-27-18-16-26(17-19-27)21-25(2)3)33(31-34(42)44-38(10,11)45-35(31)43)39-28-22-29(36(4,5)6)32(41)30(23-28)37(7,8)9/h16-19,22-23,25,39,41H,12-15,20-21,24H2,1-11H3. The Labute approximate surface area is 271 Å². The number of cyclic esters (lactones) is 2. The van der Waals surface area contributed by atoms with Crippen LogP contribution in [0.3, 0.4) is 0 Å². The van der Waals surface area contributed by atoms with Gasteiger partial charge in [0.15, 0.2) is 5.57 Å². The largest absolute Gasteiger partial charge is 0.507 e. The molecule has 3 rings (SSSR count). The second kappa shape index (κ2) is 14.3. The fourth-order valence-electron chi connectivity index (χ4n) is 5.60. The molecule has 0 radical (unpaired) electrons. The maximum absolute atomic E-state index is 13.6. The van der Waals surface area contributed by atoms with Crippen LogP contribution in [0.15, 0.2) is 47.8 Å². The van der Waals surface area contributed by atoms with Crippen LogP contribution < -0.4 is 5.32 Å². The molecule has 0 amide bonds. The number of phenolic OH excluding ortho intramolecular Hbond substituents is 1. The molecule has 0 atom stereocenters. The molecule has 0 spiro atoms. The first kappa shape index (κ1) is 36.0. The smallest absolute Gasteiger partial charge is 0.352 e. The molecule has 7 nitrogen and oxygen atoms in total. The number of hydrogen-bond acceptors (Lipinski definition) is 7. The van der Waals surface area contributed by atoms with E-state index in [1.165, 1.54) is 5.56 Å². The van der Waals surface area contributed by atoms with E-state index in [1.54, 1.807) is 13.8 Å². The summed E-state index contributed by atoms with van der Waals surface area (Å²) in [6.07, 6.45) is 5.08. The average Bonchev–Trinajstić information content (AvgIpc) is 2.89. The van der Waals surface area contributed by atoms with E-state index in [-0.39, 0.29) is 22.2 Å². The van der Waals surface area contributed by atoms with Crippen LogP contribution in [-0.2, 0) is 42.9 Å². The summed E-state index contributed by atoms with van der Waals surface area (Å²) in [7, 11) is 0. The number of carbonyl (C=O) groups excluding carboxylic acids is 2. The van der Waals surface area contributed by atoms with Crippen molar-refractivity contribution in [2.75, 3.05) is 11.9 Å². The molecule has 1 aliphatic heterocycles. The number of rotatable bonds is 12. The van der Waals surface area contributed by atoms with Gasteiger partial charge in [0.2, 0.25) is 0 Å². The molecule has 0 aliphatic carbocycles. The van der Waals surface area contributed by atoms with Gasteiger partial charge < -0.3 is 24.8 Å². The zero-order valence-corrected chi connectivity index (χ0v) is 29.5. The lowest BCUT2D eigenvalue weighted by atomic mass is 9.79. The van der Waals surface area contributed by atoms with E-state index in [2.05, 4.69) is 96.8 Å². The third-order valence-electron chi connectivity index (χ3n) is 7.95. The van der Waals surface area contributed by atoms with E-state index in [0.29, 0.717) is 30.5 Å². The molecule has 0 saturated carbocycles. The van der Waals surface area contributed by atoms with Gasteiger partial charge in [0.1, 0.15) is 11.6 Å². The Morgan fingerprint density at radius 1 is 0.867 bits per heavy atom. The van der Waals surface area contributed by atoms with Crippen LogP contribution in [0.4, 0.5) is 5.69 Å². The van der Waals surface area contributed by atoms with Crippen molar-refractivity contribution in [1.82, 2.24) is 4.90 Å². The van der Waals surface area contributed by atoms with E-state index in [1.807, 2.05) is 12.1 Å². The summed E-state index contributed by atoms with van der Waals surface area (Å²) in [4.78, 5) is 29.2. The first-order valence-electron chi connectivity index (χ1n) is 16.5. The van der Waals surface area contributed by atoms with Crippen molar-refractivity contribution < 1.29 is 24.2 Å². The number of unbranched alkanes of at least 4 members (excludes halogenated alkanes) is 3. The minimum atomic E-state index is -1.36. The van der Waals surface area contributed by atoms with E-state index in [0.717, 1.165) is 48.8 Å². The van der Waals surface area contributed by atoms with Gasteiger partial charge in [-0.2, -0.15) is 0 Å². The van der Waals surface area contributed by atoms with Crippen molar-refractivity contribution in [1.29, 1.82) is 0 Å². The summed E-state index contributed by atoms with van der Waals surface area (Å²) < 4.78 is 11.2. The van der Waals surface area contributed by atoms with Gasteiger partial charge in [0, 0.05) is 43.8 Å². The third-order valence-corrected chi connectivity index (χ3v) is 7.95. The molecular weight excluding hydrogens is 564 g/mol. The van der Waals surface area contributed by atoms with E-state index < -0.39 is 17.7 Å². The number of phenols is 1. The minimum Gasteiger partial charge on any atom is -0.507 e. The van der Waals surface area contributed by atoms with Crippen molar-refractivity contribution in [2.45, 2.75) is 131 Å². The Kier molecular flexibility index (Phi) is 11.4. The topological polar surface area (TPSA) is 88.1 Å². The van der Waals surface area contributed by atoms with Gasteiger partial charge in [-0.1, -0.05) is 106 Å². The first-order valence-corrected chi connectivity index (χ1v) is 16.5. The summed E-state index contributed by atoms with van der Waals surface area (Å²) >= 11 is 0. The van der Waals surface area contributed by atoms with Crippen LogP contribution in [0.5, 0.6) is 5.75 Å². The SMILES string of the molecule is CCCCCCN(Cc1ccc(CC(C)C)cc1)C(Nc1cc(C(C)(C)C)c(O)c(C(C)(C)C)c1)=C1C(=O)OC(C)(C)OC1=O. The predicted octanol–water partition coefficient (Wildman–Crippen LogP) is 8.73. The number of nitrogens with zero attached hydrogens (tertiary/aromatic N) is 1. The van der Waals surface area contributed by atoms with Gasteiger partial charge in [-0.15, -0.1) is 0 Å². The van der Waals surface area contributed by atoms with Crippen LogP contribution in [-0.4, -0.2) is 34.3 Å². The van der Waals surface area contributed by atoms with Crippen molar-refractivity contribution in [3.05, 3.63) is 70.0 Å². The summed E-state index contributed by atoms with van der Waals surface area (Å²) in [5.41, 5.74) is 3.66. The van der Waals surface area contributed by atoms with Crippen molar-refractivity contribution >= 4 is 17.6 Å². The quantitative estimate of drug-likeness (QED) is 0.0807. The van der Waals surface area contributed by atoms with Gasteiger partial charge in [-0.3, -0.25) is 0 Å². The van der Waals surface area contributed by atoms with Crippen LogP contribution in [0, 0.1) is 5.92 Å². The fraction of sp³-hybridized carbons (Fsp3) is 0.579. The Hall–Kier alpha value is -3.48. The number of aromatic hydroxyl groups is 1. The highest BCUT2D eigenvalue weighted by atomic mass is 16.7. The molecule has 0 bridgehead atoms. The zero-order chi connectivity index (χ0) is 33.7. The molecule has 2 aromatic rings. The molecule has 0 aromatic heterocycles. The summed E-state index contributed by atoms with van der Waals surface area (Å²) in [6.45, 7) is 23.1. The van der Waals surface area contributed by atoms with Gasteiger partial charge in [-0.25, -0.2) is 9.59 Å². The fourth-order valence-corrected chi connectivity index (χ4v) is 5.60. The number of esters is 2. The van der Waals surface area contributed by atoms with Crippen LogP contribution in [0.2, 0.25) is 0 Å². The molecule has 1 heterocycles. The molecule has 45 heavy (non-hydrogen) atoms. The number of carbonyl (C=O) groups is 2. The Balaban J connectivity index is 2.21. The highest BCUT2D eigenvalue weighted by molar-refractivity contribution is 6.16. The normalized spacial score (nSPS) is 15.2. The highest BCUT2D eigenvalue weighted by Gasteiger charge is 2.42. The maximum Gasteiger partial charge on any atom is 0.352 e. The molecule has 0 unspecified atom stereocenters. The molecule has 2 aromatic carbocycles. The Morgan fingerprint density at radius 3 is 1.84 bits per heavy atom. The molecule has 1 saturated heterocycles. The van der Waals surface area contributed by atoms with Gasteiger partial charge in [-0.05, 0) is 52.8 Å². The summed E-state index contributed by atoms with van der Waals surface area (Å²) in [6, 6.07) is 12.4. The second-order valence-electron chi connectivity index (χ2n) is 15.3. The number of benzene rings is 2. The van der Waals surface area contributed by atoms with Crippen LogP contribution in [0.25, 0.3) is 0 Å². The van der Waals surface area contributed by atoms with Crippen molar-refractivity contribution in [2.24, 2.45) is 5.92 Å². The summed E-state index contributed by atoms with van der Waals surface area (Å²) in [5.74, 6) is -1.66. The molecule has 248 valence electrons. The van der Waals surface area contributed by atoms with E-state index >= 15 is 0 Å². The number of nitrogens with one attached hydrogen (secondary N) is 1. The number of hydrogen-bond donors (Lipinski definition) is 2. The highest BCUT2D eigenvalue weighted by Crippen LogP contribution is 2.42. The van der Waals surface area contributed by atoms with Gasteiger partial charge in [0.25, 0.3) is 5.79 Å². The number of ether oxygens (including phenoxy) is 2. The molecule has 2 N–H and O–H groups in total. The average molecular weight is 621 g/mol. The lowest BCUT2D eigenvalue weighted by Gasteiger charge is -2.35. The molecule has 7 heteroatoms. The molecular formula is C38H56N2O5. The maximum atomic E-state index is 13.6. The lowest BCUT2D eigenvalue weighted by Crippen LogP contribution is -2.44. The van der Waals surface area contributed by atoms with Crippen molar-refractivity contribution in [3.63, 3.8) is 0 Å². The zero-order valence-electron chi connectivity index (χ0n) is 29.5. The predicted molar refractivity (Wildman–Crippen MR) is 182 cm³/mol. The van der Waals surface area contributed by atoms with Crippen molar-refractivity contribution in [3.8, 4) is 5.75 Å². The monoisotopic (exact) mass is 620 g/mol. The van der Waals surface area contributed by atoms with Crippen LogP contribution >= 0.6 is 0 Å². The number of anilines is 1.